The topological polar surface area (TPSA) is 171 Å². The van der Waals surface area contributed by atoms with Gasteiger partial charge in [0, 0.05) is 12.2 Å². The van der Waals surface area contributed by atoms with Crippen LogP contribution in [0.1, 0.15) is 25.8 Å². The first kappa shape index (κ1) is 29.6. The van der Waals surface area contributed by atoms with Crippen LogP contribution in [0, 0.1) is 5.92 Å². The lowest BCUT2D eigenvalue weighted by atomic mass is 10.0. The van der Waals surface area contributed by atoms with Crippen molar-refractivity contribution in [3.05, 3.63) is 29.8 Å². The zero-order valence-corrected chi connectivity index (χ0v) is 21.2. The third-order valence-electron chi connectivity index (χ3n) is 5.02. The average Bonchev–Trinajstić information content (AvgIpc) is 2.79. The molecule has 0 saturated heterocycles. The number of thioether (sulfide) groups is 1. The number of carboxylic acid groups (broad SMARTS) is 1. The molecule has 4 unspecified atom stereocenters. The number of hydrogen-bond donors (Lipinski definition) is 7. The van der Waals surface area contributed by atoms with E-state index in [1.165, 1.54) is 23.9 Å². The minimum Gasteiger partial charge on any atom is -0.508 e. The summed E-state index contributed by atoms with van der Waals surface area (Å²) in [7, 11) is 0. The quantitative estimate of drug-likeness (QED) is 0.172. The fourth-order valence-corrected chi connectivity index (χ4v) is 3.62. The Bertz CT molecular complexity index is 837. The number of phenolic OH excluding ortho intramolecular Hbond substituents is 1. The number of thiol groups is 1. The zero-order valence-electron chi connectivity index (χ0n) is 19.5. The molecule has 4 atom stereocenters. The van der Waals surface area contributed by atoms with Crippen molar-refractivity contribution in [1.82, 2.24) is 16.0 Å². The highest BCUT2D eigenvalue weighted by molar-refractivity contribution is 7.98. The molecule has 12 heteroatoms. The van der Waals surface area contributed by atoms with Gasteiger partial charge in [0.2, 0.25) is 17.7 Å². The molecular weight excluding hydrogens is 480 g/mol. The first-order valence-corrected chi connectivity index (χ1v) is 12.8. The Morgan fingerprint density at radius 3 is 2.06 bits per heavy atom. The molecule has 0 radical (unpaired) electrons. The Morgan fingerprint density at radius 2 is 1.56 bits per heavy atom. The molecule has 0 aliphatic heterocycles. The van der Waals surface area contributed by atoms with E-state index in [-0.39, 0.29) is 23.8 Å². The summed E-state index contributed by atoms with van der Waals surface area (Å²) in [6, 6.07) is 1.97. The summed E-state index contributed by atoms with van der Waals surface area (Å²) in [5.74, 6) is -2.68. The van der Waals surface area contributed by atoms with Gasteiger partial charge in [-0.3, -0.25) is 14.4 Å². The van der Waals surface area contributed by atoms with Crippen LogP contribution in [0.3, 0.4) is 0 Å². The van der Waals surface area contributed by atoms with E-state index in [9.17, 15) is 29.4 Å². The Labute approximate surface area is 209 Å². The van der Waals surface area contributed by atoms with Crippen molar-refractivity contribution in [2.24, 2.45) is 11.7 Å². The van der Waals surface area contributed by atoms with E-state index in [0.29, 0.717) is 17.7 Å². The molecule has 190 valence electrons. The van der Waals surface area contributed by atoms with Crippen LogP contribution in [0.4, 0.5) is 0 Å². The smallest absolute Gasteiger partial charge is 0.326 e. The SMILES string of the molecule is CSCCC(NC(=O)C(N)CS)C(=O)NC(Cc1ccc(O)cc1)C(=O)NC(C(=O)O)C(C)C. The highest BCUT2D eigenvalue weighted by Gasteiger charge is 2.31. The second-order valence-corrected chi connectivity index (χ2v) is 9.48. The molecule has 0 aromatic heterocycles. The van der Waals surface area contributed by atoms with Gasteiger partial charge in [0.05, 0.1) is 6.04 Å². The molecule has 0 fully saturated rings. The highest BCUT2D eigenvalue weighted by Crippen LogP contribution is 2.13. The fourth-order valence-electron chi connectivity index (χ4n) is 2.98. The number of hydrogen-bond acceptors (Lipinski definition) is 8. The van der Waals surface area contributed by atoms with E-state index in [1.54, 1.807) is 26.0 Å². The molecule has 0 aliphatic carbocycles. The molecule has 34 heavy (non-hydrogen) atoms. The van der Waals surface area contributed by atoms with E-state index >= 15 is 0 Å². The molecule has 1 aromatic carbocycles. The second kappa shape index (κ2) is 14.7. The maximum Gasteiger partial charge on any atom is 0.326 e. The normalized spacial score (nSPS) is 14.5. The second-order valence-electron chi connectivity index (χ2n) is 8.13. The van der Waals surface area contributed by atoms with Gasteiger partial charge >= 0.3 is 5.97 Å². The van der Waals surface area contributed by atoms with Gasteiger partial charge < -0.3 is 31.9 Å². The van der Waals surface area contributed by atoms with Crippen molar-refractivity contribution in [1.29, 1.82) is 0 Å². The molecule has 7 N–H and O–H groups in total. The number of nitrogens with two attached hydrogens (primary N) is 1. The van der Waals surface area contributed by atoms with Gasteiger partial charge in [-0.05, 0) is 42.0 Å². The van der Waals surface area contributed by atoms with Crippen LogP contribution < -0.4 is 21.7 Å². The predicted octanol–water partition coefficient (Wildman–Crippen LogP) is 0.140. The lowest BCUT2D eigenvalue weighted by molar-refractivity contribution is -0.143. The number of amides is 3. The van der Waals surface area contributed by atoms with E-state index in [4.69, 9.17) is 5.73 Å². The van der Waals surface area contributed by atoms with Gasteiger partial charge in [-0.1, -0.05) is 26.0 Å². The van der Waals surface area contributed by atoms with Crippen LogP contribution in [-0.4, -0.2) is 75.8 Å². The predicted molar refractivity (Wildman–Crippen MR) is 135 cm³/mol. The molecule has 3 amide bonds. The van der Waals surface area contributed by atoms with Gasteiger partial charge in [0.25, 0.3) is 0 Å². The summed E-state index contributed by atoms with van der Waals surface area (Å²) in [4.78, 5) is 49.9. The van der Waals surface area contributed by atoms with Crippen molar-refractivity contribution in [3.63, 3.8) is 0 Å². The van der Waals surface area contributed by atoms with Crippen molar-refractivity contribution in [2.45, 2.75) is 50.9 Å². The Hall–Kier alpha value is -2.44. The lowest BCUT2D eigenvalue weighted by Gasteiger charge is -2.26. The Morgan fingerprint density at radius 1 is 1.00 bits per heavy atom. The van der Waals surface area contributed by atoms with Crippen molar-refractivity contribution >= 4 is 48.1 Å². The number of aromatic hydroxyl groups is 1. The van der Waals surface area contributed by atoms with Crippen LogP contribution in [0.2, 0.25) is 0 Å². The molecule has 0 saturated carbocycles. The molecule has 1 aromatic rings. The van der Waals surface area contributed by atoms with E-state index in [0.717, 1.165) is 0 Å². The van der Waals surface area contributed by atoms with Crippen LogP contribution in [0.15, 0.2) is 24.3 Å². The van der Waals surface area contributed by atoms with Gasteiger partial charge in [-0.15, -0.1) is 0 Å². The number of carbonyl (C=O) groups is 4. The van der Waals surface area contributed by atoms with E-state index < -0.39 is 47.9 Å². The largest absolute Gasteiger partial charge is 0.508 e. The van der Waals surface area contributed by atoms with Crippen LogP contribution in [0.25, 0.3) is 0 Å². The molecule has 0 heterocycles. The number of phenols is 1. The van der Waals surface area contributed by atoms with Crippen molar-refractivity contribution < 1.29 is 29.4 Å². The number of carbonyl (C=O) groups excluding carboxylic acids is 3. The molecule has 10 nitrogen and oxygen atoms in total. The number of carboxylic acids is 1. The first-order valence-electron chi connectivity index (χ1n) is 10.8. The monoisotopic (exact) mass is 514 g/mol. The minimum atomic E-state index is -1.19. The zero-order chi connectivity index (χ0) is 25.8. The standard InChI is InChI=1S/C22H34N4O6S2/c1-12(2)18(22(31)32)26-21(30)17(10-13-4-6-14(27)7-5-13)25-20(29)16(8-9-34-3)24-19(28)15(23)11-33/h4-7,12,15-18,27,33H,8-11,23H2,1-3H3,(H,24,28)(H,25,29)(H,26,30)(H,31,32). The third kappa shape index (κ3) is 9.82. The van der Waals surface area contributed by atoms with Crippen molar-refractivity contribution in [2.75, 3.05) is 17.8 Å². The third-order valence-corrected chi connectivity index (χ3v) is 6.05. The first-order chi connectivity index (χ1) is 16.0. The van der Waals surface area contributed by atoms with Gasteiger partial charge in [0.15, 0.2) is 0 Å². The summed E-state index contributed by atoms with van der Waals surface area (Å²) in [6.45, 7) is 3.32. The number of nitrogens with one attached hydrogen (secondary N) is 3. The average molecular weight is 515 g/mol. The molecule has 0 aliphatic rings. The van der Waals surface area contributed by atoms with E-state index in [2.05, 4.69) is 28.6 Å². The highest BCUT2D eigenvalue weighted by atomic mass is 32.2. The van der Waals surface area contributed by atoms with Crippen LogP contribution >= 0.6 is 24.4 Å². The van der Waals surface area contributed by atoms with Gasteiger partial charge in [-0.25, -0.2) is 4.79 Å². The van der Waals surface area contributed by atoms with Gasteiger partial charge in [0.1, 0.15) is 23.9 Å². The lowest BCUT2D eigenvalue weighted by Crippen LogP contribution is -2.58. The maximum absolute atomic E-state index is 13.1. The molecule has 1 rings (SSSR count). The number of benzene rings is 1. The summed E-state index contributed by atoms with van der Waals surface area (Å²) < 4.78 is 0. The van der Waals surface area contributed by atoms with Crippen LogP contribution in [0.5, 0.6) is 5.75 Å². The summed E-state index contributed by atoms with van der Waals surface area (Å²) in [5, 5.41) is 26.7. The van der Waals surface area contributed by atoms with E-state index in [1.807, 2.05) is 6.26 Å². The maximum atomic E-state index is 13.1. The molecule has 0 bridgehead atoms. The summed E-state index contributed by atoms with van der Waals surface area (Å²) >= 11 is 5.49. The summed E-state index contributed by atoms with van der Waals surface area (Å²) in [5.41, 5.74) is 6.34. The Kier molecular flexibility index (Phi) is 12.8. The molecular formula is C22H34N4O6S2. The minimum absolute atomic E-state index is 0.0416. The van der Waals surface area contributed by atoms with Crippen LogP contribution in [-0.2, 0) is 25.6 Å². The van der Waals surface area contributed by atoms with Gasteiger partial charge in [-0.2, -0.15) is 24.4 Å². The van der Waals surface area contributed by atoms with Crippen molar-refractivity contribution in [3.8, 4) is 5.75 Å². The molecule has 0 spiro atoms. The number of aliphatic carboxylic acids is 1. The number of rotatable bonds is 14. The summed E-state index contributed by atoms with van der Waals surface area (Å²) in [6.07, 6.45) is 2.20. The Balaban J connectivity index is 3.13. The fraction of sp³-hybridized carbons (Fsp3) is 0.545.